The molecule has 1 aliphatic heterocycles. The summed E-state index contributed by atoms with van der Waals surface area (Å²) in [7, 11) is 0. The standard InChI is InChI=1S/C18H26FN3O2/c1-2-11-20-18(24)21-15-9-12-22(13-10-15)17(23)8-7-14-5-3-4-6-16(14)19/h3-6,15H,2,7-13H2,1H3,(H2,20,21,24). The molecule has 0 bridgehead atoms. The minimum atomic E-state index is -0.258. The third-order valence-corrected chi connectivity index (χ3v) is 4.28. The van der Waals surface area contributed by atoms with E-state index in [9.17, 15) is 14.0 Å². The van der Waals surface area contributed by atoms with E-state index in [1.807, 2.05) is 11.8 Å². The van der Waals surface area contributed by atoms with Crippen LogP contribution in [0.5, 0.6) is 0 Å². The van der Waals surface area contributed by atoms with E-state index in [-0.39, 0.29) is 23.8 Å². The van der Waals surface area contributed by atoms with Crippen LogP contribution in [0, 0.1) is 5.82 Å². The van der Waals surface area contributed by atoms with E-state index in [1.54, 1.807) is 18.2 Å². The molecule has 132 valence electrons. The molecule has 6 heteroatoms. The number of halogens is 1. The fourth-order valence-electron chi connectivity index (χ4n) is 2.85. The van der Waals surface area contributed by atoms with Crippen molar-refractivity contribution in [2.24, 2.45) is 0 Å². The minimum Gasteiger partial charge on any atom is -0.343 e. The fourth-order valence-corrected chi connectivity index (χ4v) is 2.85. The molecule has 0 aliphatic carbocycles. The zero-order chi connectivity index (χ0) is 17.4. The number of urea groups is 1. The Hall–Kier alpha value is -2.11. The number of carbonyl (C=O) groups is 2. The van der Waals surface area contributed by atoms with Crippen molar-refractivity contribution in [3.8, 4) is 0 Å². The largest absolute Gasteiger partial charge is 0.343 e. The van der Waals surface area contributed by atoms with Gasteiger partial charge in [0.05, 0.1) is 0 Å². The molecule has 0 radical (unpaired) electrons. The Morgan fingerprint density at radius 1 is 1.25 bits per heavy atom. The average Bonchev–Trinajstić information content (AvgIpc) is 2.59. The van der Waals surface area contributed by atoms with Crippen LogP contribution in [-0.2, 0) is 11.2 Å². The number of nitrogens with one attached hydrogen (secondary N) is 2. The van der Waals surface area contributed by atoms with E-state index in [0.717, 1.165) is 19.3 Å². The van der Waals surface area contributed by atoms with Gasteiger partial charge in [-0.25, -0.2) is 9.18 Å². The maximum Gasteiger partial charge on any atom is 0.315 e. The molecule has 1 heterocycles. The summed E-state index contributed by atoms with van der Waals surface area (Å²) in [5, 5.41) is 5.73. The molecule has 1 aliphatic rings. The summed E-state index contributed by atoms with van der Waals surface area (Å²) < 4.78 is 13.6. The molecule has 2 N–H and O–H groups in total. The number of hydrogen-bond donors (Lipinski definition) is 2. The fraction of sp³-hybridized carbons (Fsp3) is 0.556. The molecular formula is C18H26FN3O2. The first-order valence-electron chi connectivity index (χ1n) is 8.65. The van der Waals surface area contributed by atoms with Crippen molar-refractivity contribution >= 4 is 11.9 Å². The lowest BCUT2D eigenvalue weighted by Crippen LogP contribution is -2.49. The summed E-state index contributed by atoms with van der Waals surface area (Å²) in [6.07, 6.45) is 3.15. The first-order chi connectivity index (χ1) is 11.6. The van der Waals surface area contributed by atoms with Crippen LogP contribution < -0.4 is 10.6 Å². The summed E-state index contributed by atoms with van der Waals surface area (Å²) in [6.45, 7) is 3.94. The lowest BCUT2D eigenvalue weighted by molar-refractivity contribution is -0.132. The monoisotopic (exact) mass is 335 g/mol. The Labute approximate surface area is 142 Å². The zero-order valence-corrected chi connectivity index (χ0v) is 14.2. The normalized spacial score (nSPS) is 15.2. The highest BCUT2D eigenvalue weighted by Crippen LogP contribution is 2.14. The number of aryl methyl sites for hydroxylation is 1. The summed E-state index contributed by atoms with van der Waals surface area (Å²) in [5.41, 5.74) is 0.579. The number of benzene rings is 1. The number of likely N-dealkylation sites (tertiary alicyclic amines) is 1. The summed E-state index contributed by atoms with van der Waals surface area (Å²) in [5.74, 6) is -0.210. The number of hydrogen-bond acceptors (Lipinski definition) is 2. The van der Waals surface area contributed by atoms with Gasteiger partial charge in [0.15, 0.2) is 0 Å². The number of rotatable bonds is 6. The van der Waals surface area contributed by atoms with Crippen LogP contribution >= 0.6 is 0 Å². The molecule has 0 spiro atoms. The molecule has 5 nitrogen and oxygen atoms in total. The summed E-state index contributed by atoms with van der Waals surface area (Å²) in [4.78, 5) is 25.7. The van der Waals surface area contributed by atoms with Gasteiger partial charge < -0.3 is 15.5 Å². The van der Waals surface area contributed by atoms with Gasteiger partial charge in [-0.2, -0.15) is 0 Å². The van der Waals surface area contributed by atoms with Gasteiger partial charge in [-0.05, 0) is 37.3 Å². The number of carbonyl (C=O) groups excluding carboxylic acids is 2. The third kappa shape index (κ3) is 5.51. The molecule has 0 atom stereocenters. The maximum atomic E-state index is 13.6. The maximum absolute atomic E-state index is 13.6. The highest BCUT2D eigenvalue weighted by atomic mass is 19.1. The van der Waals surface area contributed by atoms with Crippen molar-refractivity contribution in [1.82, 2.24) is 15.5 Å². The Bertz CT molecular complexity index is 557. The molecule has 1 fully saturated rings. The van der Waals surface area contributed by atoms with Gasteiger partial charge in [0, 0.05) is 32.1 Å². The second-order valence-electron chi connectivity index (χ2n) is 6.15. The van der Waals surface area contributed by atoms with E-state index in [4.69, 9.17) is 0 Å². The quantitative estimate of drug-likeness (QED) is 0.839. The van der Waals surface area contributed by atoms with Crippen LogP contribution in [0.25, 0.3) is 0 Å². The Balaban J connectivity index is 1.71. The first kappa shape index (κ1) is 18.2. The lowest BCUT2D eigenvalue weighted by Gasteiger charge is -2.32. The predicted molar refractivity (Wildman–Crippen MR) is 91.1 cm³/mol. The van der Waals surface area contributed by atoms with E-state index >= 15 is 0 Å². The van der Waals surface area contributed by atoms with Crippen LogP contribution in [-0.4, -0.2) is 42.5 Å². The van der Waals surface area contributed by atoms with Crippen molar-refractivity contribution in [3.05, 3.63) is 35.6 Å². The lowest BCUT2D eigenvalue weighted by atomic mass is 10.0. The van der Waals surface area contributed by atoms with Gasteiger partial charge in [0.1, 0.15) is 5.82 Å². The van der Waals surface area contributed by atoms with Crippen molar-refractivity contribution in [3.63, 3.8) is 0 Å². The third-order valence-electron chi connectivity index (χ3n) is 4.28. The molecule has 3 amide bonds. The predicted octanol–water partition coefficient (Wildman–Crippen LogP) is 2.46. The zero-order valence-electron chi connectivity index (χ0n) is 14.2. The van der Waals surface area contributed by atoms with Crippen LogP contribution in [0.1, 0.15) is 38.2 Å². The summed E-state index contributed by atoms with van der Waals surface area (Å²) in [6, 6.07) is 6.53. The van der Waals surface area contributed by atoms with E-state index in [2.05, 4.69) is 10.6 Å². The Morgan fingerprint density at radius 3 is 2.62 bits per heavy atom. The molecule has 1 saturated heterocycles. The van der Waals surface area contributed by atoms with Gasteiger partial charge in [-0.15, -0.1) is 0 Å². The Morgan fingerprint density at radius 2 is 1.96 bits per heavy atom. The second kappa shape index (κ2) is 9.25. The van der Waals surface area contributed by atoms with Crippen molar-refractivity contribution in [2.45, 2.75) is 45.1 Å². The van der Waals surface area contributed by atoms with Crippen LogP contribution in [0.4, 0.5) is 9.18 Å². The van der Waals surface area contributed by atoms with E-state index < -0.39 is 0 Å². The molecular weight excluding hydrogens is 309 g/mol. The van der Waals surface area contributed by atoms with Crippen LogP contribution in [0.15, 0.2) is 24.3 Å². The molecule has 24 heavy (non-hydrogen) atoms. The number of amides is 3. The second-order valence-corrected chi connectivity index (χ2v) is 6.15. The van der Waals surface area contributed by atoms with Crippen molar-refractivity contribution in [2.75, 3.05) is 19.6 Å². The highest BCUT2D eigenvalue weighted by molar-refractivity contribution is 5.77. The number of nitrogens with zero attached hydrogens (tertiary/aromatic N) is 1. The van der Waals surface area contributed by atoms with Crippen molar-refractivity contribution < 1.29 is 14.0 Å². The van der Waals surface area contributed by atoms with E-state index in [0.29, 0.717) is 38.0 Å². The van der Waals surface area contributed by atoms with Crippen LogP contribution in [0.3, 0.4) is 0 Å². The highest BCUT2D eigenvalue weighted by Gasteiger charge is 2.23. The topological polar surface area (TPSA) is 61.4 Å². The first-order valence-corrected chi connectivity index (χ1v) is 8.65. The average molecular weight is 335 g/mol. The molecule has 1 aromatic rings. The molecule has 0 saturated carbocycles. The van der Waals surface area contributed by atoms with Crippen LogP contribution in [0.2, 0.25) is 0 Å². The van der Waals surface area contributed by atoms with Crippen molar-refractivity contribution in [1.29, 1.82) is 0 Å². The minimum absolute atomic E-state index is 0.0483. The van der Waals surface area contributed by atoms with Gasteiger partial charge in [-0.1, -0.05) is 25.1 Å². The van der Waals surface area contributed by atoms with Gasteiger partial charge in [-0.3, -0.25) is 4.79 Å². The number of piperidine rings is 1. The molecule has 0 aromatic heterocycles. The Kier molecular flexibility index (Phi) is 7.03. The molecule has 0 unspecified atom stereocenters. The smallest absolute Gasteiger partial charge is 0.315 e. The van der Waals surface area contributed by atoms with Gasteiger partial charge >= 0.3 is 6.03 Å². The molecule has 1 aromatic carbocycles. The van der Waals surface area contributed by atoms with Gasteiger partial charge in [0.2, 0.25) is 5.91 Å². The van der Waals surface area contributed by atoms with Gasteiger partial charge in [0.25, 0.3) is 0 Å². The van der Waals surface area contributed by atoms with E-state index in [1.165, 1.54) is 6.07 Å². The summed E-state index contributed by atoms with van der Waals surface area (Å²) >= 11 is 0. The molecule has 2 rings (SSSR count). The SMILES string of the molecule is CCCNC(=O)NC1CCN(C(=O)CCc2ccccc2F)CC1.